The molecule has 0 spiro atoms. The predicted molar refractivity (Wildman–Crippen MR) is 44.7 cm³/mol. The molecule has 0 heterocycles. The Kier molecular flexibility index (Phi) is 8.55. The van der Waals surface area contributed by atoms with E-state index in [0.29, 0.717) is 5.75 Å². The molecule has 0 aromatic heterocycles. The van der Waals surface area contributed by atoms with Crippen LogP contribution in [0.15, 0.2) is 0 Å². The minimum absolute atomic E-state index is 0. The maximum absolute atomic E-state index is 11.6. The molecule has 0 aromatic rings. The summed E-state index contributed by atoms with van der Waals surface area (Å²) in [5.74, 6) is 0.342. The van der Waals surface area contributed by atoms with Crippen molar-refractivity contribution in [1.29, 1.82) is 0 Å². The summed E-state index contributed by atoms with van der Waals surface area (Å²) >= 11 is 0.845. The summed E-state index contributed by atoms with van der Waals surface area (Å²) in [5.41, 5.74) is 4.23. The van der Waals surface area contributed by atoms with Crippen LogP contribution in [0.5, 0.6) is 0 Å². The van der Waals surface area contributed by atoms with Crippen molar-refractivity contribution in [1.82, 2.24) is 0 Å². The van der Waals surface area contributed by atoms with E-state index in [-0.39, 0.29) is 51.4 Å². The van der Waals surface area contributed by atoms with Gasteiger partial charge in [0.2, 0.25) is 0 Å². The smallest absolute Gasteiger partial charge is 0.448 e. The van der Waals surface area contributed by atoms with Crippen LogP contribution < -0.4 is 57.1 Å². The molecule has 1 nitrogen and oxygen atoms in total. The fraction of sp³-hybridized carbons (Fsp3) is 1.00. The molecule has 0 fully saturated rings. The summed E-state index contributed by atoms with van der Waals surface area (Å²) in [7, 11) is 0. The van der Waals surface area contributed by atoms with Crippen molar-refractivity contribution in [2.24, 2.45) is 5.73 Å². The van der Waals surface area contributed by atoms with Crippen molar-refractivity contribution in [3.8, 4) is 0 Å². The standard InChI is InChI=1S/C5H12BF3NS.K/c1-5(2,10)3-11-4-6(7,8)9;/h3-4,10H2,1-2H3;/q-1;+1. The summed E-state index contributed by atoms with van der Waals surface area (Å²) in [6, 6.07) is 0. The third kappa shape index (κ3) is 14.3. The van der Waals surface area contributed by atoms with E-state index in [2.05, 4.69) is 0 Å². The van der Waals surface area contributed by atoms with Gasteiger partial charge in [0.15, 0.2) is 0 Å². The van der Waals surface area contributed by atoms with Crippen LogP contribution in [-0.4, -0.2) is 23.9 Å². The van der Waals surface area contributed by atoms with E-state index in [4.69, 9.17) is 5.73 Å². The van der Waals surface area contributed by atoms with Crippen LogP contribution in [0.4, 0.5) is 12.9 Å². The Morgan fingerprint density at radius 1 is 1.33 bits per heavy atom. The molecule has 0 bridgehead atoms. The van der Waals surface area contributed by atoms with Crippen LogP contribution in [-0.2, 0) is 0 Å². The molecule has 12 heavy (non-hydrogen) atoms. The number of hydrogen-bond donors (Lipinski definition) is 1. The third-order valence-electron chi connectivity index (χ3n) is 0.781. The summed E-state index contributed by atoms with van der Waals surface area (Å²) in [6.07, 6.45) is 0. The largest absolute Gasteiger partial charge is 1.00 e. The summed E-state index contributed by atoms with van der Waals surface area (Å²) in [6.45, 7) is -1.22. The molecule has 0 saturated heterocycles. The Balaban J connectivity index is 0. The molecule has 0 aliphatic carbocycles. The van der Waals surface area contributed by atoms with E-state index in [0.717, 1.165) is 11.8 Å². The van der Waals surface area contributed by atoms with Gasteiger partial charge in [-0.15, -0.1) is 0 Å². The average molecular weight is 225 g/mol. The molecule has 0 aliphatic heterocycles. The molecule has 0 saturated carbocycles. The van der Waals surface area contributed by atoms with Crippen molar-refractivity contribution < 1.29 is 64.3 Å². The normalized spacial score (nSPS) is 12.5. The first-order valence-corrected chi connectivity index (χ1v) is 4.44. The van der Waals surface area contributed by atoms with Gasteiger partial charge in [-0.1, -0.05) is 0 Å². The van der Waals surface area contributed by atoms with Crippen LogP contribution >= 0.6 is 11.8 Å². The third-order valence-corrected chi connectivity index (χ3v) is 2.34. The first kappa shape index (κ1) is 16.2. The predicted octanol–water partition coefficient (Wildman–Crippen LogP) is -1.15. The Bertz CT molecular complexity index is 111. The first-order valence-electron chi connectivity index (χ1n) is 3.28. The minimum atomic E-state index is -4.65. The monoisotopic (exact) mass is 225 g/mol. The SMILES string of the molecule is CC(C)(N)CSC[B-](F)(F)F.[K+]. The molecule has 7 heteroatoms. The van der Waals surface area contributed by atoms with Crippen molar-refractivity contribution in [2.75, 3.05) is 11.4 Å². The van der Waals surface area contributed by atoms with Crippen LogP contribution in [0, 0.1) is 0 Å². The Hall–Kier alpha value is 1.80. The van der Waals surface area contributed by atoms with Crippen molar-refractivity contribution >= 4 is 18.7 Å². The Morgan fingerprint density at radius 2 is 1.75 bits per heavy atom. The molecular weight excluding hydrogens is 213 g/mol. The number of hydrogen-bond acceptors (Lipinski definition) is 2. The van der Waals surface area contributed by atoms with Crippen LogP contribution in [0.2, 0.25) is 0 Å². The fourth-order valence-electron chi connectivity index (χ4n) is 0.456. The summed E-state index contributed by atoms with van der Waals surface area (Å²) < 4.78 is 34.9. The van der Waals surface area contributed by atoms with E-state index in [1.54, 1.807) is 13.8 Å². The van der Waals surface area contributed by atoms with E-state index < -0.39 is 18.2 Å². The van der Waals surface area contributed by atoms with Crippen LogP contribution in [0.3, 0.4) is 0 Å². The molecule has 68 valence electrons. The van der Waals surface area contributed by atoms with E-state index >= 15 is 0 Å². The zero-order chi connectivity index (χ0) is 9.12. The zero-order valence-corrected chi connectivity index (χ0v) is 11.6. The maximum atomic E-state index is 11.6. The van der Waals surface area contributed by atoms with Gasteiger partial charge < -0.3 is 18.7 Å². The number of nitrogens with two attached hydrogens (primary N) is 1. The number of rotatable bonds is 4. The van der Waals surface area contributed by atoms with Crippen molar-refractivity contribution in [3.63, 3.8) is 0 Å². The molecule has 0 unspecified atom stereocenters. The van der Waals surface area contributed by atoms with Gasteiger partial charge in [0, 0.05) is 11.3 Å². The second-order valence-corrected chi connectivity index (χ2v) is 4.24. The fourth-order valence-corrected chi connectivity index (χ4v) is 1.37. The van der Waals surface area contributed by atoms with Crippen molar-refractivity contribution in [3.05, 3.63) is 0 Å². The second kappa shape index (κ2) is 6.32. The number of halogens is 3. The van der Waals surface area contributed by atoms with Gasteiger partial charge in [-0.2, -0.15) is 11.8 Å². The number of thioether (sulfide) groups is 1. The topological polar surface area (TPSA) is 26.0 Å². The zero-order valence-electron chi connectivity index (χ0n) is 7.61. The van der Waals surface area contributed by atoms with Gasteiger partial charge in [0.05, 0.1) is 0 Å². The van der Waals surface area contributed by atoms with Gasteiger partial charge in [-0.3, -0.25) is 0 Å². The van der Waals surface area contributed by atoms with Gasteiger partial charge in [-0.05, 0) is 19.5 Å². The molecule has 0 atom stereocenters. The first-order chi connectivity index (χ1) is 4.71. The quantitative estimate of drug-likeness (QED) is 0.611. The summed E-state index contributed by atoms with van der Waals surface area (Å²) in [5, 5.41) is 0. The maximum Gasteiger partial charge on any atom is 1.00 e. The second-order valence-electron chi connectivity index (χ2n) is 3.21. The summed E-state index contributed by atoms with van der Waals surface area (Å²) in [4.78, 5) is 0. The van der Waals surface area contributed by atoms with Gasteiger partial charge >= 0.3 is 58.4 Å². The van der Waals surface area contributed by atoms with Gasteiger partial charge in [-0.25, -0.2) is 0 Å². The minimum Gasteiger partial charge on any atom is -0.448 e. The van der Waals surface area contributed by atoms with E-state index in [1.165, 1.54) is 0 Å². The average Bonchev–Trinajstić information content (AvgIpc) is 1.55. The van der Waals surface area contributed by atoms with E-state index in [1.807, 2.05) is 0 Å². The van der Waals surface area contributed by atoms with E-state index in [9.17, 15) is 12.9 Å². The molecule has 0 amide bonds. The molecular formula is C5H12BF3KNS. The molecule has 0 aromatic carbocycles. The Morgan fingerprint density at radius 3 is 2.00 bits per heavy atom. The van der Waals surface area contributed by atoms with Crippen LogP contribution in [0.25, 0.3) is 0 Å². The Labute approximate surface area is 118 Å². The van der Waals surface area contributed by atoms with Gasteiger partial charge in [0.1, 0.15) is 0 Å². The van der Waals surface area contributed by atoms with Crippen molar-refractivity contribution in [2.45, 2.75) is 19.4 Å². The molecule has 0 aliphatic rings. The molecule has 0 radical (unpaired) electrons. The molecule has 0 rings (SSSR count). The molecule has 2 N–H and O–H groups in total. The van der Waals surface area contributed by atoms with Gasteiger partial charge in [0.25, 0.3) is 0 Å². The van der Waals surface area contributed by atoms with Crippen LogP contribution in [0.1, 0.15) is 13.8 Å².